The summed E-state index contributed by atoms with van der Waals surface area (Å²) in [5.74, 6) is -0.0809. The highest BCUT2D eigenvalue weighted by molar-refractivity contribution is 5.79. The first-order valence-corrected chi connectivity index (χ1v) is 6.50. The van der Waals surface area contributed by atoms with Crippen molar-refractivity contribution in [3.63, 3.8) is 0 Å². The number of aliphatic carboxylic acids is 1. The van der Waals surface area contributed by atoms with Crippen LogP contribution in [0.1, 0.15) is 40.0 Å². The van der Waals surface area contributed by atoms with Crippen molar-refractivity contribution >= 4 is 5.97 Å². The number of carboxylic acids is 1. The van der Waals surface area contributed by atoms with Gasteiger partial charge in [-0.15, -0.1) is 0 Å². The topological polar surface area (TPSA) is 66.6 Å². The molecule has 0 amide bonds. The van der Waals surface area contributed by atoms with Crippen LogP contribution in [0.25, 0.3) is 0 Å². The number of carboxylic acid groups (broad SMARTS) is 1. The summed E-state index contributed by atoms with van der Waals surface area (Å²) in [5.41, 5.74) is 5.02. The second-order valence-electron chi connectivity index (χ2n) is 6.01. The van der Waals surface area contributed by atoms with E-state index in [0.29, 0.717) is 18.5 Å². The smallest absolute Gasteiger partial charge is 0.325 e. The third-order valence-electron chi connectivity index (χ3n) is 3.78. The summed E-state index contributed by atoms with van der Waals surface area (Å²) in [6.07, 6.45) is 2.97. The van der Waals surface area contributed by atoms with Crippen LogP contribution in [0.2, 0.25) is 0 Å². The Kier molecular flexibility index (Phi) is 4.55. The van der Waals surface area contributed by atoms with E-state index >= 15 is 0 Å². The maximum Gasteiger partial charge on any atom is 0.325 e. The normalized spacial score (nSPS) is 21.6. The molecule has 0 aromatic carbocycles. The Balaban J connectivity index is 2.58. The molecule has 4 nitrogen and oxygen atoms in total. The fraction of sp³-hybridized carbons (Fsp3) is 0.923. The van der Waals surface area contributed by atoms with E-state index in [1.54, 1.807) is 0 Å². The molecule has 0 heterocycles. The van der Waals surface area contributed by atoms with Gasteiger partial charge in [0.15, 0.2) is 0 Å². The van der Waals surface area contributed by atoms with Gasteiger partial charge in [0, 0.05) is 12.6 Å². The zero-order valence-electron chi connectivity index (χ0n) is 11.4. The lowest BCUT2D eigenvalue weighted by atomic mass is 9.93. The van der Waals surface area contributed by atoms with Gasteiger partial charge in [0.1, 0.15) is 5.54 Å². The maximum atomic E-state index is 11.3. The second kappa shape index (κ2) is 5.36. The zero-order chi connectivity index (χ0) is 13.2. The van der Waals surface area contributed by atoms with Gasteiger partial charge in [-0.3, -0.25) is 4.79 Å². The summed E-state index contributed by atoms with van der Waals surface area (Å²) >= 11 is 0. The Hall–Kier alpha value is -0.610. The van der Waals surface area contributed by atoms with E-state index < -0.39 is 11.5 Å². The Bertz CT molecular complexity index is 277. The van der Waals surface area contributed by atoms with Gasteiger partial charge >= 0.3 is 5.97 Å². The van der Waals surface area contributed by atoms with Gasteiger partial charge in [0.2, 0.25) is 0 Å². The van der Waals surface area contributed by atoms with Crippen molar-refractivity contribution in [2.24, 2.45) is 17.6 Å². The minimum atomic E-state index is -1.06. The first-order chi connectivity index (χ1) is 7.77. The highest BCUT2D eigenvalue weighted by atomic mass is 16.4. The molecule has 17 heavy (non-hydrogen) atoms. The molecule has 0 radical (unpaired) electrons. The molecule has 2 unspecified atom stereocenters. The van der Waals surface area contributed by atoms with E-state index in [1.807, 2.05) is 7.05 Å². The number of likely N-dealkylation sites (N-methyl/N-ethyl adjacent to an activating group) is 1. The Morgan fingerprint density at radius 3 is 2.35 bits per heavy atom. The molecular formula is C13H26N2O2. The minimum Gasteiger partial charge on any atom is -0.480 e. The fourth-order valence-corrected chi connectivity index (χ4v) is 2.40. The molecular weight excluding hydrogens is 216 g/mol. The van der Waals surface area contributed by atoms with Crippen molar-refractivity contribution in [1.82, 2.24) is 4.90 Å². The van der Waals surface area contributed by atoms with Crippen LogP contribution in [-0.4, -0.2) is 41.1 Å². The highest BCUT2D eigenvalue weighted by Crippen LogP contribution is 2.39. The molecule has 1 aliphatic carbocycles. The van der Waals surface area contributed by atoms with Gasteiger partial charge in [-0.25, -0.2) is 0 Å². The number of carbonyl (C=O) groups is 1. The fourth-order valence-electron chi connectivity index (χ4n) is 2.40. The Morgan fingerprint density at radius 2 is 2.00 bits per heavy atom. The monoisotopic (exact) mass is 242 g/mol. The van der Waals surface area contributed by atoms with Crippen molar-refractivity contribution in [2.75, 3.05) is 13.6 Å². The first kappa shape index (κ1) is 14.5. The number of rotatable bonds is 7. The molecule has 0 bridgehead atoms. The summed E-state index contributed by atoms with van der Waals surface area (Å²) in [5, 5.41) is 9.30. The molecule has 2 atom stereocenters. The van der Waals surface area contributed by atoms with Gasteiger partial charge in [0.25, 0.3) is 0 Å². The SMILES string of the molecule is CC(C)CC(C)N(C)CC(N)(C(=O)O)C1CC1. The largest absolute Gasteiger partial charge is 0.480 e. The van der Waals surface area contributed by atoms with E-state index in [0.717, 1.165) is 19.3 Å². The van der Waals surface area contributed by atoms with Gasteiger partial charge < -0.3 is 15.7 Å². The van der Waals surface area contributed by atoms with Crippen LogP contribution in [0.15, 0.2) is 0 Å². The average Bonchev–Trinajstić information content (AvgIpc) is 2.98. The maximum absolute atomic E-state index is 11.3. The van der Waals surface area contributed by atoms with Gasteiger partial charge in [-0.05, 0) is 45.1 Å². The van der Waals surface area contributed by atoms with E-state index in [4.69, 9.17) is 5.73 Å². The molecule has 0 aromatic heterocycles. The quantitative estimate of drug-likeness (QED) is 0.711. The third-order valence-corrected chi connectivity index (χ3v) is 3.78. The highest BCUT2D eigenvalue weighted by Gasteiger charge is 2.49. The molecule has 0 aliphatic heterocycles. The van der Waals surface area contributed by atoms with E-state index in [9.17, 15) is 9.90 Å². The molecule has 0 spiro atoms. The van der Waals surface area contributed by atoms with Crippen LogP contribution in [-0.2, 0) is 4.79 Å². The minimum absolute atomic E-state index is 0.161. The number of hydrogen-bond donors (Lipinski definition) is 2. The molecule has 1 saturated carbocycles. The van der Waals surface area contributed by atoms with Crippen LogP contribution >= 0.6 is 0 Å². The van der Waals surface area contributed by atoms with E-state index in [-0.39, 0.29) is 5.92 Å². The third kappa shape index (κ3) is 3.68. The van der Waals surface area contributed by atoms with Crippen LogP contribution in [0, 0.1) is 11.8 Å². The molecule has 1 aliphatic rings. The molecule has 4 heteroatoms. The van der Waals surface area contributed by atoms with Crippen LogP contribution < -0.4 is 5.73 Å². The summed E-state index contributed by atoms with van der Waals surface area (Å²) in [7, 11) is 1.97. The van der Waals surface area contributed by atoms with E-state index in [1.165, 1.54) is 0 Å². The lowest BCUT2D eigenvalue weighted by molar-refractivity contribution is -0.145. The lowest BCUT2D eigenvalue weighted by Crippen LogP contribution is -2.58. The lowest BCUT2D eigenvalue weighted by Gasteiger charge is -2.34. The van der Waals surface area contributed by atoms with Crippen molar-refractivity contribution < 1.29 is 9.90 Å². The summed E-state index contributed by atoms with van der Waals surface area (Å²) in [6.45, 7) is 6.94. The molecule has 3 N–H and O–H groups in total. The van der Waals surface area contributed by atoms with Crippen molar-refractivity contribution in [1.29, 1.82) is 0 Å². The molecule has 1 fully saturated rings. The first-order valence-electron chi connectivity index (χ1n) is 6.50. The average molecular weight is 242 g/mol. The number of nitrogens with zero attached hydrogens (tertiary/aromatic N) is 1. The van der Waals surface area contributed by atoms with Gasteiger partial charge in [0.05, 0.1) is 0 Å². The Labute approximate surface area is 104 Å². The predicted molar refractivity (Wildman–Crippen MR) is 68.8 cm³/mol. The molecule has 0 saturated heterocycles. The molecule has 0 aromatic rings. The van der Waals surface area contributed by atoms with Crippen LogP contribution in [0.3, 0.4) is 0 Å². The van der Waals surface area contributed by atoms with Gasteiger partial charge in [-0.2, -0.15) is 0 Å². The summed E-state index contributed by atoms with van der Waals surface area (Å²) in [6, 6.07) is 0.371. The van der Waals surface area contributed by atoms with Crippen molar-refractivity contribution in [3.05, 3.63) is 0 Å². The van der Waals surface area contributed by atoms with Crippen molar-refractivity contribution in [2.45, 2.75) is 51.6 Å². The van der Waals surface area contributed by atoms with Crippen LogP contribution in [0.5, 0.6) is 0 Å². The number of nitrogens with two attached hydrogens (primary N) is 1. The Morgan fingerprint density at radius 1 is 1.47 bits per heavy atom. The van der Waals surface area contributed by atoms with Crippen molar-refractivity contribution in [3.8, 4) is 0 Å². The molecule has 100 valence electrons. The molecule has 1 rings (SSSR count). The van der Waals surface area contributed by atoms with Gasteiger partial charge in [-0.1, -0.05) is 13.8 Å². The predicted octanol–water partition coefficient (Wildman–Crippen LogP) is 1.54. The van der Waals surface area contributed by atoms with E-state index in [2.05, 4.69) is 25.7 Å². The zero-order valence-corrected chi connectivity index (χ0v) is 11.4. The summed E-state index contributed by atoms with van der Waals surface area (Å²) < 4.78 is 0. The van der Waals surface area contributed by atoms with Crippen LogP contribution in [0.4, 0.5) is 0 Å². The standard InChI is InChI=1S/C13H26N2O2/c1-9(2)7-10(3)15(4)8-13(14,12(16)17)11-5-6-11/h9-11H,5-8,14H2,1-4H3,(H,16,17). The number of hydrogen-bond acceptors (Lipinski definition) is 3. The summed E-state index contributed by atoms with van der Waals surface area (Å²) in [4.78, 5) is 13.4. The second-order valence-corrected chi connectivity index (χ2v) is 6.01.